The number of carbonyl (C=O) groups is 1. The molecule has 100 valence electrons. The van der Waals surface area contributed by atoms with E-state index in [4.69, 9.17) is 5.73 Å². The molecule has 4 heteroatoms. The Hall–Kier alpha value is -1.71. The van der Waals surface area contributed by atoms with Crippen LogP contribution in [-0.4, -0.2) is 26.0 Å². The highest BCUT2D eigenvalue weighted by Gasteiger charge is 2.16. The Morgan fingerprint density at radius 3 is 2.39 bits per heavy atom. The molecule has 0 fully saturated rings. The van der Waals surface area contributed by atoms with Gasteiger partial charge in [-0.05, 0) is 31.0 Å². The third-order valence-electron chi connectivity index (χ3n) is 3.47. The fourth-order valence-electron chi connectivity index (χ4n) is 1.83. The molecule has 0 aliphatic carbocycles. The smallest absolute Gasteiger partial charge is 0.251 e. The monoisotopic (exact) mass is 249 g/mol. The van der Waals surface area contributed by atoms with Gasteiger partial charge in [0, 0.05) is 25.7 Å². The maximum Gasteiger partial charge on any atom is 0.251 e. The molecule has 0 radical (unpaired) electrons. The molecular formula is C14H23N3O. The molecule has 1 unspecified atom stereocenters. The summed E-state index contributed by atoms with van der Waals surface area (Å²) in [5.41, 5.74) is 8.21. The first-order valence-electron chi connectivity index (χ1n) is 6.23. The summed E-state index contributed by atoms with van der Waals surface area (Å²) in [5, 5.41) is 2.59. The molecule has 0 heterocycles. The number of hydrogen-bond acceptors (Lipinski definition) is 3. The van der Waals surface area contributed by atoms with Crippen molar-refractivity contribution in [1.29, 1.82) is 0 Å². The average molecular weight is 249 g/mol. The summed E-state index contributed by atoms with van der Waals surface area (Å²) in [6.45, 7) is 6.52. The van der Waals surface area contributed by atoms with Crippen LogP contribution < -0.4 is 16.0 Å². The van der Waals surface area contributed by atoms with Crippen LogP contribution in [0.25, 0.3) is 0 Å². The van der Waals surface area contributed by atoms with E-state index in [0.717, 1.165) is 5.69 Å². The number of nitrogens with two attached hydrogens (primary N) is 1. The lowest BCUT2D eigenvalue weighted by molar-refractivity contribution is 0.0963. The second kappa shape index (κ2) is 5.76. The topological polar surface area (TPSA) is 58.4 Å². The Morgan fingerprint density at radius 2 is 1.94 bits per heavy atom. The summed E-state index contributed by atoms with van der Waals surface area (Å²) in [6, 6.07) is 5.81. The quantitative estimate of drug-likeness (QED) is 0.803. The fourth-order valence-corrected chi connectivity index (χ4v) is 1.83. The number of benzene rings is 1. The zero-order valence-electron chi connectivity index (χ0n) is 11.8. The van der Waals surface area contributed by atoms with Gasteiger partial charge in [0.2, 0.25) is 0 Å². The van der Waals surface area contributed by atoms with E-state index in [9.17, 15) is 4.79 Å². The summed E-state index contributed by atoms with van der Waals surface area (Å²) in [6.07, 6.45) is 0. The van der Waals surface area contributed by atoms with Crippen LogP contribution >= 0.6 is 0 Å². The zero-order chi connectivity index (χ0) is 13.9. The highest BCUT2D eigenvalue weighted by molar-refractivity contribution is 5.96. The summed E-state index contributed by atoms with van der Waals surface area (Å²) >= 11 is 0. The highest BCUT2D eigenvalue weighted by atomic mass is 16.1. The van der Waals surface area contributed by atoms with Crippen LogP contribution in [0, 0.1) is 5.92 Å². The van der Waals surface area contributed by atoms with Gasteiger partial charge >= 0.3 is 0 Å². The minimum absolute atomic E-state index is 0.118. The summed E-state index contributed by atoms with van der Waals surface area (Å²) in [4.78, 5) is 13.7. The van der Waals surface area contributed by atoms with Crippen LogP contribution in [0.5, 0.6) is 0 Å². The van der Waals surface area contributed by atoms with Crippen molar-refractivity contribution in [3.63, 3.8) is 0 Å². The Kier molecular flexibility index (Phi) is 4.59. The number of carbonyl (C=O) groups excluding carboxylic acids is 1. The van der Waals surface area contributed by atoms with Gasteiger partial charge in [-0.2, -0.15) is 0 Å². The van der Waals surface area contributed by atoms with E-state index in [1.165, 1.54) is 0 Å². The van der Waals surface area contributed by atoms with E-state index < -0.39 is 0 Å². The summed E-state index contributed by atoms with van der Waals surface area (Å²) in [5.74, 6) is 0.417. The van der Waals surface area contributed by atoms with Crippen molar-refractivity contribution in [2.75, 3.05) is 24.7 Å². The van der Waals surface area contributed by atoms with Gasteiger partial charge < -0.3 is 16.0 Å². The molecule has 4 nitrogen and oxygen atoms in total. The van der Waals surface area contributed by atoms with Crippen molar-refractivity contribution < 1.29 is 4.79 Å². The second-order valence-corrected chi connectivity index (χ2v) is 4.95. The Labute approximate surface area is 109 Å². The molecule has 3 N–H and O–H groups in total. The molecule has 0 saturated carbocycles. The molecule has 18 heavy (non-hydrogen) atoms. The SMILES string of the molecule is CNC(=O)c1ccc(N(C)C(C)C(C)C)c(N)c1. The predicted octanol–water partition coefficient (Wildman–Crippen LogP) is 2.11. The van der Waals surface area contributed by atoms with Gasteiger partial charge in [-0.3, -0.25) is 4.79 Å². The van der Waals surface area contributed by atoms with Gasteiger partial charge in [-0.25, -0.2) is 0 Å². The molecule has 0 aliphatic rings. The Morgan fingerprint density at radius 1 is 1.33 bits per heavy atom. The van der Waals surface area contributed by atoms with Crippen LogP contribution in [0.3, 0.4) is 0 Å². The maximum atomic E-state index is 11.5. The summed E-state index contributed by atoms with van der Waals surface area (Å²) < 4.78 is 0. The van der Waals surface area contributed by atoms with E-state index in [1.807, 2.05) is 13.1 Å². The molecule has 1 amide bonds. The molecule has 0 aromatic heterocycles. The lowest BCUT2D eigenvalue weighted by atomic mass is 10.0. The van der Waals surface area contributed by atoms with Crippen molar-refractivity contribution >= 4 is 17.3 Å². The van der Waals surface area contributed by atoms with Gasteiger partial charge in [0.1, 0.15) is 0 Å². The van der Waals surface area contributed by atoms with Gasteiger partial charge in [0.25, 0.3) is 5.91 Å². The van der Waals surface area contributed by atoms with Crippen LogP contribution in [0.4, 0.5) is 11.4 Å². The molecular weight excluding hydrogens is 226 g/mol. The lowest BCUT2D eigenvalue weighted by Gasteiger charge is -2.31. The van der Waals surface area contributed by atoms with Crippen LogP contribution in [0.2, 0.25) is 0 Å². The largest absolute Gasteiger partial charge is 0.397 e. The number of nitrogens with one attached hydrogen (secondary N) is 1. The summed E-state index contributed by atoms with van der Waals surface area (Å²) in [7, 11) is 3.63. The zero-order valence-corrected chi connectivity index (χ0v) is 11.8. The minimum atomic E-state index is -0.118. The molecule has 0 aliphatic heterocycles. The number of nitrogens with zero attached hydrogens (tertiary/aromatic N) is 1. The van der Waals surface area contributed by atoms with Crippen molar-refractivity contribution in [2.24, 2.45) is 5.92 Å². The lowest BCUT2D eigenvalue weighted by Crippen LogP contribution is -2.33. The number of rotatable bonds is 4. The highest BCUT2D eigenvalue weighted by Crippen LogP contribution is 2.26. The average Bonchev–Trinajstić information content (AvgIpc) is 2.35. The van der Waals surface area contributed by atoms with E-state index in [-0.39, 0.29) is 5.91 Å². The molecule has 1 atom stereocenters. The normalized spacial score (nSPS) is 12.3. The minimum Gasteiger partial charge on any atom is -0.397 e. The second-order valence-electron chi connectivity index (χ2n) is 4.95. The standard InChI is InChI=1S/C14H23N3O/c1-9(2)10(3)17(5)13-7-6-11(8-12(13)15)14(18)16-4/h6-10H,15H2,1-5H3,(H,16,18). The molecule has 1 aromatic rings. The van der Waals surface area contributed by atoms with Crippen molar-refractivity contribution in [3.8, 4) is 0 Å². The number of amides is 1. The fraction of sp³-hybridized carbons (Fsp3) is 0.500. The predicted molar refractivity (Wildman–Crippen MR) is 76.9 cm³/mol. The maximum absolute atomic E-state index is 11.5. The van der Waals surface area contributed by atoms with Crippen molar-refractivity contribution in [1.82, 2.24) is 5.32 Å². The first-order chi connectivity index (χ1) is 8.38. The third kappa shape index (κ3) is 2.94. The van der Waals surface area contributed by atoms with Gasteiger partial charge in [0.15, 0.2) is 0 Å². The Bertz CT molecular complexity index is 429. The molecule has 0 spiro atoms. The van der Waals surface area contributed by atoms with Gasteiger partial charge in [0.05, 0.1) is 11.4 Å². The molecule has 1 aromatic carbocycles. The van der Waals surface area contributed by atoms with Crippen LogP contribution in [-0.2, 0) is 0 Å². The Balaban J connectivity index is 3.02. The number of hydrogen-bond donors (Lipinski definition) is 2. The molecule has 1 rings (SSSR count). The molecule has 0 bridgehead atoms. The van der Waals surface area contributed by atoms with Crippen LogP contribution in [0.15, 0.2) is 18.2 Å². The van der Waals surface area contributed by atoms with Gasteiger partial charge in [-0.15, -0.1) is 0 Å². The van der Waals surface area contributed by atoms with E-state index in [0.29, 0.717) is 23.2 Å². The van der Waals surface area contributed by atoms with E-state index in [2.05, 4.69) is 31.0 Å². The molecule has 0 saturated heterocycles. The van der Waals surface area contributed by atoms with Crippen molar-refractivity contribution in [3.05, 3.63) is 23.8 Å². The van der Waals surface area contributed by atoms with E-state index >= 15 is 0 Å². The third-order valence-corrected chi connectivity index (χ3v) is 3.47. The van der Waals surface area contributed by atoms with Gasteiger partial charge in [-0.1, -0.05) is 13.8 Å². The van der Waals surface area contributed by atoms with Crippen LogP contribution in [0.1, 0.15) is 31.1 Å². The number of anilines is 2. The first-order valence-corrected chi connectivity index (χ1v) is 6.23. The van der Waals surface area contributed by atoms with E-state index in [1.54, 1.807) is 19.2 Å². The van der Waals surface area contributed by atoms with Crippen molar-refractivity contribution in [2.45, 2.75) is 26.8 Å². The first kappa shape index (κ1) is 14.4. The number of nitrogen functional groups attached to an aromatic ring is 1.